The maximum atomic E-state index is 12.7. The van der Waals surface area contributed by atoms with E-state index in [1.54, 1.807) is 6.07 Å². The van der Waals surface area contributed by atoms with Crippen LogP contribution >= 0.6 is 12.2 Å². The van der Waals surface area contributed by atoms with Crippen molar-refractivity contribution in [1.82, 2.24) is 0 Å². The first kappa shape index (κ1) is 10.5. The van der Waals surface area contributed by atoms with E-state index in [4.69, 9.17) is 5.73 Å². The van der Waals surface area contributed by atoms with E-state index in [1.165, 1.54) is 18.2 Å². The van der Waals surface area contributed by atoms with Crippen LogP contribution < -0.4 is 5.73 Å². The zero-order chi connectivity index (χ0) is 10.6. The summed E-state index contributed by atoms with van der Waals surface area (Å²) in [6, 6.07) is 5.58. The van der Waals surface area contributed by atoms with E-state index in [9.17, 15) is 9.18 Å². The van der Waals surface area contributed by atoms with E-state index >= 15 is 0 Å². The number of halogens is 1. The van der Waals surface area contributed by atoms with E-state index in [1.807, 2.05) is 0 Å². The number of aldehydes is 1. The van der Waals surface area contributed by atoms with Gasteiger partial charge in [0.05, 0.1) is 0 Å². The standard InChI is InChI=1S/C9H7FN2OS/c10-7-3-1-2-6(4-7)9(11)12-8(14)5-13/h1-5H,(H2,11,12,14). The summed E-state index contributed by atoms with van der Waals surface area (Å²) in [4.78, 5) is 13.6. The Balaban J connectivity index is 3.00. The van der Waals surface area contributed by atoms with Gasteiger partial charge in [0, 0.05) is 5.56 Å². The third kappa shape index (κ3) is 2.70. The van der Waals surface area contributed by atoms with Crippen LogP contribution in [0.4, 0.5) is 4.39 Å². The lowest BCUT2D eigenvalue weighted by atomic mass is 10.2. The first-order chi connectivity index (χ1) is 6.63. The Labute approximate surface area is 85.4 Å². The number of nitrogens with zero attached hydrogens (tertiary/aromatic N) is 1. The molecule has 0 saturated carbocycles. The molecular formula is C9H7FN2OS. The van der Waals surface area contributed by atoms with Crippen LogP contribution in [0.3, 0.4) is 0 Å². The van der Waals surface area contributed by atoms with Crippen molar-refractivity contribution in [3.05, 3.63) is 35.6 Å². The Bertz CT molecular complexity index is 404. The van der Waals surface area contributed by atoms with Crippen LogP contribution in [0.15, 0.2) is 29.3 Å². The van der Waals surface area contributed by atoms with Gasteiger partial charge in [0.25, 0.3) is 0 Å². The van der Waals surface area contributed by atoms with Gasteiger partial charge in [0.2, 0.25) is 0 Å². The van der Waals surface area contributed by atoms with Crippen molar-refractivity contribution in [2.24, 2.45) is 10.7 Å². The number of rotatable bonds is 2. The Hall–Kier alpha value is -1.62. The fraction of sp³-hybridized carbons (Fsp3) is 0. The van der Waals surface area contributed by atoms with Gasteiger partial charge in [-0.15, -0.1) is 0 Å². The number of thiocarbonyl (C=S) groups is 1. The van der Waals surface area contributed by atoms with E-state index in [2.05, 4.69) is 17.2 Å². The second-order valence-electron chi connectivity index (χ2n) is 2.46. The average Bonchev–Trinajstić information content (AvgIpc) is 2.17. The Morgan fingerprint density at radius 3 is 2.86 bits per heavy atom. The summed E-state index contributed by atoms with van der Waals surface area (Å²) in [5.74, 6) is -0.390. The Morgan fingerprint density at radius 2 is 2.29 bits per heavy atom. The van der Waals surface area contributed by atoms with Crippen LogP contribution in [-0.4, -0.2) is 17.1 Å². The third-order valence-electron chi connectivity index (χ3n) is 1.45. The second-order valence-corrected chi connectivity index (χ2v) is 2.88. The number of carbonyl (C=O) groups excluding carboxylic acids is 1. The SMILES string of the molecule is NC(=NC(=S)C=O)c1cccc(F)c1. The van der Waals surface area contributed by atoms with Crippen molar-refractivity contribution < 1.29 is 9.18 Å². The molecule has 2 N–H and O–H groups in total. The molecule has 14 heavy (non-hydrogen) atoms. The first-order valence-corrected chi connectivity index (χ1v) is 4.13. The van der Waals surface area contributed by atoms with Crippen molar-refractivity contribution in [3.8, 4) is 0 Å². The summed E-state index contributed by atoms with van der Waals surface area (Å²) < 4.78 is 12.7. The van der Waals surface area contributed by atoms with Gasteiger partial charge < -0.3 is 5.73 Å². The number of aliphatic imine (C=N–C) groups is 1. The van der Waals surface area contributed by atoms with Crippen LogP contribution in [0.5, 0.6) is 0 Å². The van der Waals surface area contributed by atoms with Gasteiger partial charge in [-0.1, -0.05) is 24.4 Å². The van der Waals surface area contributed by atoms with Gasteiger partial charge in [-0.3, -0.25) is 4.79 Å². The topological polar surface area (TPSA) is 55.4 Å². The Kier molecular flexibility index (Phi) is 3.41. The first-order valence-electron chi connectivity index (χ1n) is 3.72. The summed E-state index contributed by atoms with van der Waals surface area (Å²) in [5.41, 5.74) is 5.87. The molecule has 0 aliphatic carbocycles. The Morgan fingerprint density at radius 1 is 1.57 bits per heavy atom. The van der Waals surface area contributed by atoms with Gasteiger partial charge in [0.1, 0.15) is 11.7 Å². The summed E-state index contributed by atoms with van der Waals surface area (Å²) in [6.07, 6.45) is 0.404. The molecule has 5 heteroatoms. The minimum absolute atomic E-state index is 0.0293. The molecule has 72 valence electrons. The van der Waals surface area contributed by atoms with E-state index in [0.29, 0.717) is 11.8 Å². The fourth-order valence-corrected chi connectivity index (χ4v) is 0.956. The molecule has 1 aromatic carbocycles. The van der Waals surface area contributed by atoms with Gasteiger partial charge in [0.15, 0.2) is 11.3 Å². The number of hydrogen-bond donors (Lipinski definition) is 1. The zero-order valence-electron chi connectivity index (χ0n) is 7.11. The summed E-state index contributed by atoms with van der Waals surface area (Å²) in [7, 11) is 0. The van der Waals surface area contributed by atoms with E-state index < -0.39 is 5.82 Å². The predicted octanol–water partition coefficient (Wildman–Crippen LogP) is 1.06. The normalized spacial score (nSPS) is 11.1. The smallest absolute Gasteiger partial charge is 0.179 e. The van der Waals surface area contributed by atoms with Crippen molar-refractivity contribution in [1.29, 1.82) is 0 Å². The van der Waals surface area contributed by atoms with Crippen molar-refractivity contribution >= 4 is 29.3 Å². The molecule has 0 aliphatic rings. The van der Waals surface area contributed by atoms with Crippen LogP contribution in [0.1, 0.15) is 5.56 Å². The second kappa shape index (κ2) is 4.57. The molecule has 0 heterocycles. The van der Waals surface area contributed by atoms with E-state index in [-0.39, 0.29) is 10.8 Å². The quantitative estimate of drug-likeness (QED) is 0.343. The average molecular weight is 210 g/mol. The lowest BCUT2D eigenvalue weighted by molar-refractivity contribution is -0.102. The molecule has 0 unspecified atom stereocenters. The van der Waals surface area contributed by atoms with Crippen LogP contribution in [-0.2, 0) is 4.79 Å². The van der Waals surface area contributed by atoms with Crippen LogP contribution in [0.25, 0.3) is 0 Å². The predicted molar refractivity (Wildman–Crippen MR) is 55.8 cm³/mol. The molecule has 0 amide bonds. The maximum Gasteiger partial charge on any atom is 0.179 e. The summed E-state index contributed by atoms with van der Waals surface area (Å²) in [5, 5.41) is 0. The largest absolute Gasteiger partial charge is 0.383 e. The van der Waals surface area contributed by atoms with Gasteiger partial charge >= 0.3 is 0 Å². The lowest BCUT2D eigenvalue weighted by Gasteiger charge is -1.99. The van der Waals surface area contributed by atoms with Crippen LogP contribution in [0.2, 0.25) is 0 Å². The van der Waals surface area contributed by atoms with Crippen molar-refractivity contribution in [2.45, 2.75) is 0 Å². The van der Waals surface area contributed by atoms with Crippen molar-refractivity contribution in [2.75, 3.05) is 0 Å². The third-order valence-corrected chi connectivity index (χ3v) is 1.64. The molecule has 0 fully saturated rings. The highest BCUT2D eigenvalue weighted by molar-refractivity contribution is 7.81. The highest BCUT2D eigenvalue weighted by atomic mass is 32.1. The minimum atomic E-state index is -0.419. The zero-order valence-corrected chi connectivity index (χ0v) is 7.92. The van der Waals surface area contributed by atoms with Gasteiger partial charge in [-0.05, 0) is 12.1 Å². The van der Waals surface area contributed by atoms with Gasteiger partial charge in [-0.25, -0.2) is 9.38 Å². The number of nitrogens with two attached hydrogens (primary N) is 1. The summed E-state index contributed by atoms with van der Waals surface area (Å²) >= 11 is 4.54. The molecule has 0 saturated heterocycles. The molecule has 0 atom stereocenters. The lowest BCUT2D eigenvalue weighted by Crippen LogP contribution is -2.15. The highest BCUT2D eigenvalue weighted by Crippen LogP contribution is 2.02. The monoisotopic (exact) mass is 210 g/mol. The highest BCUT2D eigenvalue weighted by Gasteiger charge is 2.00. The van der Waals surface area contributed by atoms with E-state index in [0.717, 1.165) is 0 Å². The molecule has 0 spiro atoms. The number of carbonyl (C=O) groups is 1. The number of hydrogen-bond acceptors (Lipinski definition) is 2. The minimum Gasteiger partial charge on any atom is -0.383 e. The maximum absolute atomic E-state index is 12.7. The number of amidine groups is 1. The fourth-order valence-electron chi connectivity index (χ4n) is 0.857. The molecule has 0 aliphatic heterocycles. The van der Waals surface area contributed by atoms with Gasteiger partial charge in [-0.2, -0.15) is 0 Å². The molecular weight excluding hydrogens is 203 g/mol. The van der Waals surface area contributed by atoms with Crippen molar-refractivity contribution in [3.63, 3.8) is 0 Å². The summed E-state index contributed by atoms with van der Waals surface area (Å²) in [6.45, 7) is 0. The van der Waals surface area contributed by atoms with Crippen LogP contribution in [0, 0.1) is 5.82 Å². The molecule has 0 radical (unpaired) electrons. The molecule has 0 aromatic heterocycles. The molecule has 3 nitrogen and oxygen atoms in total. The molecule has 1 aromatic rings. The molecule has 1 rings (SSSR count). The number of benzene rings is 1. The molecule has 0 bridgehead atoms.